The highest BCUT2D eigenvalue weighted by Crippen LogP contribution is 2.58. The molecule has 0 saturated heterocycles. The zero-order valence-corrected chi connectivity index (χ0v) is 18.7. The summed E-state index contributed by atoms with van der Waals surface area (Å²) in [5.41, 5.74) is 14.9. The SMILES string of the molecule is CC(C)n1nc(-c2ccc(CC(=O)Nc3cc(C4CC4(C)C)no3)cc2)c(C(N)=O)c1N. The van der Waals surface area contributed by atoms with Crippen LogP contribution in [0.2, 0.25) is 0 Å². The summed E-state index contributed by atoms with van der Waals surface area (Å²) < 4.78 is 6.84. The normalized spacial score (nSPS) is 16.8. The van der Waals surface area contributed by atoms with Gasteiger partial charge in [-0.15, -0.1) is 0 Å². The largest absolute Gasteiger partial charge is 0.383 e. The van der Waals surface area contributed by atoms with Crippen molar-refractivity contribution < 1.29 is 14.1 Å². The van der Waals surface area contributed by atoms with Crippen LogP contribution in [0.25, 0.3) is 11.3 Å². The molecule has 1 aliphatic rings. The number of benzene rings is 1. The number of nitrogen functional groups attached to an aromatic ring is 1. The lowest BCUT2D eigenvalue weighted by Gasteiger charge is -2.07. The zero-order valence-electron chi connectivity index (χ0n) is 18.7. The van der Waals surface area contributed by atoms with Crippen molar-refractivity contribution >= 4 is 23.5 Å². The fourth-order valence-corrected chi connectivity index (χ4v) is 3.92. The molecular formula is C23H28N6O3. The molecule has 5 N–H and O–H groups in total. The number of anilines is 2. The molecule has 4 rings (SSSR count). The number of hydrogen-bond donors (Lipinski definition) is 3. The van der Waals surface area contributed by atoms with E-state index in [1.165, 1.54) is 0 Å². The van der Waals surface area contributed by atoms with Crippen LogP contribution in [0.4, 0.5) is 11.7 Å². The van der Waals surface area contributed by atoms with Gasteiger partial charge in [-0.1, -0.05) is 43.3 Å². The summed E-state index contributed by atoms with van der Waals surface area (Å²) in [7, 11) is 0. The van der Waals surface area contributed by atoms with Crippen LogP contribution in [0.15, 0.2) is 34.9 Å². The van der Waals surface area contributed by atoms with E-state index < -0.39 is 5.91 Å². The molecule has 168 valence electrons. The van der Waals surface area contributed by atoms with Gasteiger partial charge in [-0.05, 0) is 31.2 Å². The third kappa shape index (κ3) is 4.10. The first-order valence-electron chi connectivity index (χ1n) is 10.6. The molecule has 0 radical (unpaired) electrons. The molecule has 9 heteroatoms. The molecule has 1 aliphatic carbocycles. The number of nitrogens with two attached hydrogens (primary N) is 2. The van der Waals surface area contributed by atoms with E-state index in [9.17, 15) is 9.59 Å². The maximum absolute atomic E-state index is 12.4. The number of nitrogens with zero attached hydrogens (tertiary/aromatic N) is 3. The molecule has 0 bridgehead atoms. The van der Waals surface area contributed by atoms with Crippen LogP contribution < -0.4 is 16.8 Å². The molecule has 3 aromatic rings. The minimum atomic E-state index is -0.631. The third-order valence-corrected chi connectivity index (χ3v) is 5.94. The van der Waals surface area contributed by atoms with Gasteiger partial charge in [0, 0.05) is 23.6 Å². The summed E-state index contributed by atoms with van der Waals surface area (Å²) in [4.78, 5) is 24.4. The number of aromatic nitrogens is 3. The maximum Gasteiger partial charge on any atom is 0.254 e. The van der Waals surface area contributed by atoms with Gasteiger partial charge in [-0.25, -0.2) is 4.68 Å². The average Bonchev–Trinajstić information content (AvgIpc) is 3.04. The van der Waals surface area contributed by atoms with Crippen LogP contribution in [0.5, 0.6) is 0 Å². The molecule has 0 aliphatic heterocycles. The quantitative estimate of drug-likeness (QED) is 0.517. The molecule has 2 amide bonds. The molecule has 2 heterocycles. The second-order valence-corrected chi connectivity index (χ2v) is 9.29. The first-order chi connectivity index (χ1) is 15.1. The van der Waals surface area contributed by atoms with Crippen molar-refractivity contribution in [2.45, 2.75) is 52.5 Å². The van der Waals surface area contributed by atoms with Crippen molar-refractivity contribution in [1.82, 2.24) is 14.9 Å². The first-order valence-corrected chi connectivity index (χ1v) is 10.6. The van der Waals surface area contributed by atoms with Gasteiger partial charge in [0.05, 0.1) is 12.1 Å². The number of nitrogens with one attached hydrogen (secondary N) is 1. The van der Waals surface area contributed by atoms with Gasteiger partial charge in [0.25, 0.3) is 5.91 Å². The van der Waals surface area contributed by atoms with E-state index in [1.807, 2.05) is 26.0 Å². The van der Waals surface area contributed by atoms with E-state index in [4.69, 9.17) is 16.0 Å². The molecule has 32 heavy (non-hydrogen) atoms. The lowest BCUT2D eigenvalue weighted by molar-refractivity contribution is -0.115. The smallest absolute Gasteiger partial charge is 0.254 e. The highest BCUT2D eigenvalue weighted by atomic mass is 16.5. The highest BCUT2D eigenvalue weighted by molar-refractivity contribution is 6.03. The van der Waals surface area contributed by atoms with E-state index in [2.05, 4.69) is 29.4 Å². The van der Waals surface area contributed by atoms with Gasteiger partial charge >= 0.3 is 0 Å². The molecule has 0 spiro atoms. The van der Waals surface area contributed by atoms with E-state index in [-0.39, 0.29) is 35.2 Å². The minimum absolute atomic E-state index is 0.0209. The molecule has 1 aromatic carbocycles. The fourth-order valence-electron chi connectivity index (χ4n) is 3.92. The summed E-state index contributed by atoms with van der Waals surface area (Å²) in [6, 6.07) is 8.98. The lowest BCUT2D eigenvalue weighted by atomic mass is 10.0. The second kappa shape index (κ2) is 7.81. The predicted molar refractivity (Wildman–Crippen MR) is 121 cm³/mol. The predicted octanol–water partition coefficient (Wildman–Crippen LogP) is 3.49. The van der Waals surface area contributed by atoms with Crippen LogP contribution in [-0.4, -0.2) is 26.8 Å². The van der Waals surface area contributed by atoms with Crippen molar-refractivity contribution in [2.24, 2.45) is 11.1 Å². The third-order valence-electron chi connectivity index (χ3n) is 5.94. The number of rotatable bonds is 7. The van der Waals surface area contributed by atoms with E-state index >= 15 is 0 Å². The number of hydrogen-bond acceptors (Lipinski definition) is 6. The minimum Gasteiger partial charge on any atom is -0.383 e. The Kier molecular flexibility index (Phi) is 5.28. The number of primary amides is 1. The Morgan fingerprint density at radius 1 is 1.28 bits per heavy atom. The van der Waals surface area contributed by atoms with Gasteiger partial charge < -0.3 is 16.0 Å². The number of carbonyl (C=O) groups is 2. The summed E-state index contributed by atoms with van der Waals surface area (Å²) in [6.45, 7) is 8.20. The molecular weight excluding hydrogens is 408 g/mol. The number of amides is 2. The maximum atomic E-state index is 12.4. The fraction of sp³-hybridized carbons (Fsp3) is 0.391. The van der Waals surface area contributed by atoms with Crippen molar-refractivity contribution in [3.05, 3.63) is 47.2 Å². The molecule has 1 atom stereocenters. The van der Waals surface area contributed by atoms with Crippen molar-refractivity contribution in [2.75, 3.05) is 11.1 Å². The molecule has 1 saturated carbocycles. The van der Waals surface area contributed by atoms with Gasteiger partial charge in [0.2, 0.25) is 11.8 Å². The van der Waals surface area contributed by atoms with E-state index in [1.54, 1.807) is 22.9 Å². The van der Waals surface area contributed by atoms with Crippen molar-refractivity contribution in [3.63, 3.8) is 0 Å². The Balaban J connectivity index is 1.45. The van der Waals surface area contributed by atoms with Crippen LogP contribution in [0.1, 0.15) is 67.7 Å². The summed E-state index contributed by atoms with van der Waals surface area (Å²) in [5.74, 6) is 0.135. The summed E-state index contributed by atoms with van der Waals surface area (Å²) in [6.07, 6.45) is 1.23. The Bertz CT molecular complexity index is 1170. The van der Waals surface area contributed by atoms with Gasteiger partial charge in [-0.3, -0.25) is 14.9 Å². The van der Waals surface area contributed by atoms with Crippen molar-refractivity contribution in [1.29, 1.82) is 0 Å². The lowest BCUT2D eigenvalue weighted by Crippen LogP contribution is -2.15. The van der Waals surface area contributed by atoms with Gasteiger partial charge in [-0.2, -0.15) is 5.10 Å². The van der Waals surface area contributed by atoms with Gasteiger partial charge in [0.1, 0.15) is 17.1 Å². The zero-order chi connectivity index (χ0) is 23.2. The second-order valence-electron chi connectivity index (χ2n) is 9.29. The van der Waals surface area contributed by atoms with E-state index in [0.29, 0.717) is 23.1 Å². The number of carbonyl (C=O) groups excluding carboxylic acids is 2. The van der Waals surface area contributed by atoms with Crippen molar-refractivity contribution in [3.8, 4) is 11.3 Å². The summed E-state index contributed by atoms with van der Waals surface area (Å²) >= 11 is 0. The molecule has 1 unspecified atom stereocenters. The highest BCUT2D eigenvalue weighted by Gasteiger charge is 2.48. The molecule has 9 nitrogen and oxygen atoms in total. The van der Waals surface area contributed by atoms with Crippen LogP contribution in [0, 0.1) is 5.41 Å². The van der Waals surface area contributed by atoms with Crippen LogP contribution in [0.3, 0.4) is 0 Å². The van der Waals surface area contributed by atoms with E-state index in [0.717, 1.165) is 17.7 Å². The van der Waals surface area contributed by atoms with Gasteiger partial charge in [0.15, 0.2) is 0 Å². The standard InChI is InChI=1S/C23H28N6O3/c1-12(2)29-21(24)19(22(25)31)20(27-29)14-7-5-13(6-8-14)9-17(30)26-18-10-16(28-32-18)15-11-23(15,3)4/h5-8,10,12,15H,9,11,24H2,1-4H3,(H2,25,31)(H,26,30). The molecule has 2 aromatic heterocycles. The Morgan fingerprint density at radius 3 is 2.50 bits per heavy atom. The topological polar surface area (TPSA) is 142 Å². The monoisotopic (exact) mass is 436 g/mol. The summed E-state index contributed by atoms with van der Waals surface area (Å²) in [5, 5.41) is 11.3. The molecule has 1 fully saturated rings. The Labute approximate surface area is 186 Å². The Morgan fingerprint density at radius 2 is 1.94 bits per heavy atom. The van der Waals surface area contributed by atoms with Crippen LogP contribution >= 0.6 is 0 Å². The Hall–Kier alpha value is -3.62. The van der Waals surface area contributed by atoms with Crippen LogP contribution in [-0.2, 0) is 11.2 Å². The first kappa shape index (κ1) is 21.6. The average molecular weight is 437 g/mol.